The third-order valence-electron chi connectivity index (χ3n) is 5.28. The summed E-state index contributed by atoms with van der Waals surface area (Å²) in [6.07, 6.45) is 3.47. The summed E-state index contributed by atoms with van der Waals surface area (Å²) in [5, 5.41) is 3.05. The number of benzene rings is 1. The zero-order valence-electron chi connectivity index (χ0n) is 14.2. The minimum Gasteiger partial charge on any atom is -0.448 e. The zero-order chi connectivity index (χ0) is 16.7. The van der Waals surface area contributed by atoms with E-state index >= 15 is 0 Å². The lowest BCUT2D eigenvalue weighted by Gasteiger charge is -2.37. The summed E-state index contributed by atoms with van der Waals surface area (Å²) >= 11 is 0. The van der Waals surface area contributed by atoms with E-state index in [0.717, 1.165) is 55.3 Å². The molecule has 0 unspecified atom stereocenters. The number of oxazole rings is 1. The summed E-state index contributed by atoms with van der Waals surface area (Å²) in [5.74, 6) is 1.26. The van der Waals surface area contributed by atoms with Crippen LogP contribution >= 0.6 is 0 Å². The second-order valence-electron chi connectivity index (χ2n) is 7.19. The number of aromatic nitrogens is 1. The van der Waals surface area contributed by atoms with E-state index in [1.165, 1.54) is 0 Å². The van der Waals surface area contributed by atoms with E-state index in [4.69, 9.17) is 4.42 Å². The van der Waals surface area contributed by atoms with Gasteiger partial charge in [0, 0.05) is 18.2 Å². The number of anilines is 1. The molecule has 0 bridgehead atoms. The number of para-hydroxylation sites is 1. The fourth-order valence-corrected chi connectivity index (χ4v) is 3.85. The van der Waals surface area contributed by atoms with Crippen LogP contribution in [0, 0.1) is 0 Å². The molecule has 3 heterocycles. The van der Waals surface area contributed by atoms with E-state index in [9.17, 15) is 4.79 Å². The first-order valence-electron chi connectivity index (χ1n) is 8.66. The highest BCUT2D eigenvalue weighted by molar-refractivity contribution is 6.06. The third kappa shape index (κ3) is 2.44. The second kappa shape index (κ2) is 5.74. The normalized spacial score (nSPS) is 19.7. The molecule has 0 saturated carbocycles. The summed E-state index contributed by atoms with van der Waals surface area (Å²) in [7, 11) is 0. The van der Waals surface area contributed by atoms with Gasteiger partial charge in [-0.15, -0.1) is 0 Å². The smallest absolute Gasteiger partial charge is 0.235 e. The predicted octanol–water partition coefficient (Wildman–Crippen LogP) is 3.28. The van der Waals surface area contributed by atoms with Crippen LogP contribution in [0.4, 0.5) is 5.69 Å². The number of nitrogens with one attached hydrogen (secondary N) is 1. The number of carbonyl (C=O) groups excluding carboxylic acids is 1. The number of amides is 1. The first kappa shape index (κ1) is 15.4. The van der Waals surface area contributed by atoms with Crippen LogP contribution in [0.25, 0.3) is 0 Å². The molecule has 2 aromatic rings. The lowest BCUT2D eigenvalue weighted by atomic mass is 9.73. The monoisotopic (exact) mass is 325 g/mol. The van der Waals surface area contributed by atoms with Crippen molar-refractivity contribution in [1.82, 2.24) is 9.88 Å². The van der Waals surface area contributed by atoms with Crippen LogP contribution < -0.4 is 5.32 Å². The molecule has 0 aliphatic carbocycles. The molecule has 1 saturated heterocycles. The molecule has 5 nitrogen and oxygen atoms in total. The Hall–Kier alpha value is -2.14. The average molecular weight is 325 g/mol. The van der Waals surface area contributed by atoms with E-state index in [2.05, 4.69) is 35.1 Å². The van der Waals surface area contributed by atoms with Gasteiger partial charge < -0.3 is 9.73 Å². The van der Waals surface area contributed by atoms with Gasteiger partial charge >= 0.3 is 0 Å². The SMILES string of the molecule is CC(C)c1nc(CN2CCC3(CC2)C(=O)Nc2ccccc23)co1. The fraction of sp³-hybridized carbons (Fsp3) is 0.474. The maximum absolute atomic E-state index is 12.6. The van der Waals surface area contributed by atoms with Crippen molar-refractivity contribution in [2.24, 2.45) is 0 Å². The molecule has 1 aromatic heterocycles. The van der Waals surface area contributed by atoms with Gasteiger partial charge in [0.1, 0.15) is 6.26 Å². The van der Waals surface area contributed by atoms with Gasteiger partial charge in [-0.05, 0) is 37.6 Å². The molecule has 0 atom stereocenters. The Morgan fingerprint density at radius 3 is 2.75 bits per heavy atom. The van der Waals surface area contributed by atoms with E-state index in [1.54, 1.807) is 6.26 Å². The molecule has 1 fully saturated rings. The summed E-state index contributed by atoms with van der Waals surface area (Å²) in [6, 6.07) is 8.09. The molecule has 5 heteroatoms. The van der Waals surface area contributed by atoms with E-state index in [1.807, 2.05) is 18.2 Å². The van der Waals surface area contributed by atoms with Gasteiger partial charge in [-0.25, -0.2) is 4.98 Å². The Bertz CT molecular complexity index is 757. The topological polar surface area (TPSA) is 58.4 Å². The third-order valence-corrected chi connectivity index (χ3v) is 5.28. The highest BCUT2D eigenvalue weighted by atomic mass is 16.3. The number of piperidine rings is 1. The number of nitrogens with zero attached hydrogens (tertiary/aromatic N) is 2. The van der Waals surface area contributed by atoms with Crippen LogP contribution in [0.3, 0.4) is 0 Å². The Morgan fingerprint density at radius 2 is 2.04 bits per heavy atom. The summed E-state index contributed by atoms with van der Waals surface area (Å²) in [5.41, 5.74) is 2.78. The Balaban J connectivity index is 1.46. The van der Waals surface area contributed by atoms with Crippen LogP contribution in [0.15, 0.2) is 34.9 Å². The van der Waals surface area contributed by atoms with Crippen LogP contribution in [-0.2, 0) is 16.8 Å². The molecule has 2 aliphatic rings. The van der Waals surface area contributed by atoms with Crippen molar-refractivity contribution in [2.75, 3.05) is 18.4 Å². The number of rotatable bonds is 3. The summed E-state index contributed by atoms with van der Waals surface area (Å²) in [6.45, 7) is 6.74. The largest absolute Gasteiger partial charge is 0.448 e. The van der Waals surface area contributed by atoms with Crippen molar-refractivity contribution in [3.63, 3.8) is 0 Å². The Kier molecular flexibility index (Phi) is 3.68. The van der Waals surface area contributed by atoms with Gasteiger partial charge in [0.05, 0.1) is 11.1 Å². The first-order chi connectivity index (χ1) is 11.6. The zero-order valence-corrected chi connectivity index (χ0v) is 14.2. The van der Waals surface area contributed by atoms with Crippen molar-refractivity contribution in [3.05, 3.63) is 47.7 Å². The van der Waals surface area contributed by atoms with Crippen molar-refractivity contribution in [1.29, 1.82) is 0 Å². The Labute approximate surface area is 142 Å². The number of hydrogen-bond donors (Lipinski definition) is 1. The number of carbonyl (C=O) groups is 1. The molecule has 2 aliphatic heterocycles. The van der Waals surface area contributed by atoms with Crippen LogP contribution in [0.2, 0.25) is 0 Å². The highest BCUT2D eigenvalue weighted by Crippen LogP contribution is 2.44. The number of hydrogen-bond acceptors (Lipinski definition) is 4. The summed E-state index contributed by atoms with van der Waals surface area (Å²) in [4.78, 5) is 19.5. The van der Waals surface area contributed by atoms with Crippen molar-refractivity contribution >= 4 is 11.6 Å². The number of fused-ring (bicyclic) bond motifs is 2. The molecular weight excluding hydrogens is 302 g/mol. The van der Waals surface area contributed by atoms with Gasteiger partial charge in [0.2, 0.25) is 5.91 Å². The van der Waals surface area contributed by atoms with Gasteiger partial charge in [0.25, 0.3) is 0 Å². The van der Waals surface area contributed by atoms with Crippen LogP contribution in [-0.4, -0.2) is 28.9 Å². The minimum atomic E-state index is -0.347. The number of likely N-dealkylation sites (tertiary alicyclic amines) is 1. The fourth-order valence-electron chi connectivity index (χ4n) is 3.85. The maximum Gasteiger partial charge on any atom is 0.235 e. The molecule has 1 aromatic carbocycles. The van der Waals surface area contributed by atoms with Gasteiger partial charge in [-0.3, -0.25) is 9.69 Å². The van der Waals surface area contributed by atoms with Crippen LogP contribution in [0.5, 0.6) is 0 Å². The molecule has 24 heavy (non-hydrogen) atoms. The van der Waals surface area contributed by atoms with Crippen LogP contribution in [0.1, 0.15) is 49.8 Å². The quantitative estimate of drug-likeness (QED) is 0.941. The second-order valence-corrected chi connectivity index (χ2v) is 7.19. The van der Waals surface area contributed by atoms with Gasteiger partial charge in [0.15, 0.2) is 5.89 Å². The Morgan fingerprint density at radius 1 is 1.29 bits per heavy atom. The van der Waals surface area contributed by atoms with Crippen molar-refractivity contribution < 1.29 is 9.21 Å². The van der Waals surface area contributed by atoms with Crippen molar-refractivity contribution in [2.45, 2.75) is 44.6 Å². The molecule has 1 N–H and O–H groups in total. The molecular formula is C19H23N3O2. The lowest BCUT2D eigenvalue weighted by molar-refractivity contribution is -0.122. The standard InChI is InChI=1S/C19H23N3O2/c1-13(2)17-20-14(12-24-17)11-22-9-7-19(8-10-22)15-5-3-4-6-16(15)21-18(19)23/h3-6,12-13H,7-11H2,1-2H3,(H,21,23). The average Bonchev–Trinajstić information content (AvgIpc) is 3.14. The van der Waals surface area contributed by atoms with Crippen molar-refractivity contribution in [3.8, 4) is 0 Å². The van der Waals surface area contributed by atoms with Gasteiger partial charge in [-0.1, -0.05) is 32.0 Å². The van der Waals surface area contributed by atoms with E-state index in [0.29, 0.717) is 5.92 Å². The molecule has 126 valence electrons. The minimum absolute atomic E-state index is 0.159. The molecule has 1 amide bonds. The molecule has 0 radical (unpaired) electrons. The maximum atomic E-state index is 12.6. The molecule has 1 spiro atoms. The summed E-state index contributed by atoms with van der Waals surface area (Å²) < 4.78 is 5.52. The predicted molar refractivity (Wildman–Crippen MR) is 91.9 cm³/mol. The molecule has 4 rings (SSSR count). The first-order valence-corrected chi connectivity index (χ1v) is 8.66. The highest BCUT2D eigenvalue weighted by Gasteiger charge is 2.48. The van der Waals surface area contributed by atoms with Gasteiger partial charge in [-0.2, -0.15) is 0 Å². The van der Waals surface area contributed by atoms with E-state index < -0.39 is 0 Å². The lowest BCUT2D eigenvalue weighted by Crippen LogP contribution is -2.46. The van der Waals surface area contributed by atoms with E-state index in [-0.39, 0.29) is 11.3 Å².